The number of nitriles is 1. The van der Waals surface area contributed by atoms with E-state index in [2.05, 4.69) is 10.0 Å². The molecule has 2 atom stereocenters. The Balaban J connectivity index is 4.03. The standard InChI is InChI=1S/C4H6N4O/c1-3(9)4(2-5)7-8-6/h3-4,9H,1H3. The van der Waals surface area contributed by atoms with Gasteiger partial charge in [0.25, 0.3) is 0 Å². The number of rotatable bonds is 2. The summed E-state index contributed by atoms with van der Waals surface area (Å²) in [5.41, 5.74) is 7.81. The average Bonchev–Trinajstić information content (AvgIpc) is 1.82. The Morgan fingerprint density at radius 2 is 2.44 bits per heavy atom. The molecule has 0 bridgehead atoms. The molecular weight excluding hydrogens is 120 g/mol. The summed E-state index contributed by atoms with van der Waals surface area (Å²) < 4.78 is 0. The van der Waals surface area contributed by atoms with Gasteiger partial charge < -0.3 is 5.11 Å². The van der Waals surface area contributed by atoms with E-state index in [4.69, 9.17) is 15.9 Å². The molecule has 0 saturated carbocycles. The molecule has 0 rings (SSSR count). The van der Waals surface area contributed by atoms with Crippen LogP contribution in [0.25, 0.3) is 10.4 Å². The number of hydrogen-bond acceptors (Lipinski definition) is 3. The van der Waals surface area contributed by atoms with Gasteiger partial charge in [-0.15, -0.1) is 0 Å². The van der Waals surface area contributed by atoms with Gasteiger partial charge >= 0.3 is 0 Å². The van der Waals surface area contributed by atoms with Crippen LogP contribution in [-0.2, 0) is 0 Å². The predicted molar refractivity (Wildman–Crippen MR) is 30.2 cm³/mol. The monoisotopic (exact) mass is 126 g/mol. The molecule has 0 spiro atoms. The van der Waals surface area contributed by atoms with Gasteiger partial charge in [0.05, 0.1) is 12.2 Å². The quantitative estimate of drug-likeness (QED) is 0.332. The van der Waals surface area contributed by atoms with Gasteiger partial charge in [-0.25, -0.2) is 0 Å². The van der Waals surface area contributed by atoms with Gasteiger partial charge in [0.1, 0.15) is 0 Å². The molecule has 48 valence electrons. The van der Waals surface area contributed by atoms with E-state index in [9.17, 15) is 0 Å². The highest BCUT2D eigenvalue weighted by atomic mass is 16.3. The molecule has 0 saturated heterocycles. The zero-order chi connectivity index (χ0) is 7.28. The predicted octanol–water partition coefficient (Wildman–Crippen LogP) is 0.570. The zero-order valence-electron chi connectivity index (χ0n) is 4.89. The largest absolute Gasteiger partial charge is 0.392 e. The van der Waals surface area contributed by atoms with Crippen LogP contribution in [0.3, 0.4) is 0 Å². The molecule has 0 aliphatic heterocycles. The summed E-state index contributed by atoms with van der Waals surface area (Å²) in [5.74, 6) is 0. The summed E-state index contributed by atoms with van der Waals surface area (Å²) in [4.78, 5) is 2.37. The molecule has 1 N–H and O–H groups in total. The SMILES string of the molecule is CC(O)C(C#N)N=[N+]=[N-]. The summed E-state index contributed by atoms with van der Waals surface area (Å²) in [7, 11) is 0. The highest BCUT2D eigenvalue weighted by molar-refractivity contribution is 4.93. The zero-order valence-corrected chi connectivity index (χ0v) is 4.89. The van der Waals surface area contributed by atoms with E-state index in [1.807, 2.05) is 0 Å². The normalized spacial score (nSPS) is 14.8. The van der Waals surface area contributed by atoms with Crippen LogP contribution in [0.2, 0.25) is 0 Å². The molecule has 0 heterocycles. The van der Waals surface area contributed by atoms with Crippen molar-refractivity contribution in [3.8, 4) is 6.07 Å². The van der Waals surface area contributed by atoms with E-state index in [1.54, 1.807) is 6.07 Å². The molecule has 5 nitrogen and oxygen atoms in total. The van der Waals surface area contributed by atoms with Crippen LogP contribution in [0, 0.1) is 11.3 Å². The molecule has 9 heavy (non-hydrogen) atoms. The first kappa shape index (κ1) is 7.76. The van der Waals surface area contributed by atoms with Crippen LogP contribution in [0.5, 0.6) is 0 Å². The van der Waals surface area contributed by atoms with Gasteiger partial charge in [-0.1, -0.05) is 5.11 Å². The second-order valence-electron chi connectivity index (χ2n) is 1.52. The third-order valence-corrected chi connectivity index (χ3v) is 0.765. The van der Waals surface area contributed by atoms with Crippen molar-refractivity contribution in [2.24, 2.45) is 5.11 Å². The van der Waals surface area contributed by atoms with E-state index < -0.39 is 12.1 Å². The summed E-state index contributed by atoms with van der Waals surface area (Å²) in [6.45, 7) is 1.39. The van der Waals surface area contributed by atoms with Crippen LogP contribution in [-0.4, -0.2) is 17.3 Å². The maximum absolute atomic E-state index is 8.66. The van der Waals surface area contributed by atoms with Crippen molar-refractivity contribution in [2.45, 2.75) is 19.1 Å². The summed E-state index contributed by atoms with van der Waals surface area (Å²) >= 11 is 0. The molecule has 0 aromatic carbocycles. The molecule has 0 radical (unpaired) electrons. The lowest BCUT2D eigenvalue weighted by Gasteiger charge is -2.01. The Kier molecular flexibility index (Phi) is 3.21. The highest BCUT2D eigenvalue weighted by Crippen LogP contribution is 1.95. The van der Waals surface area contributed by atoms with Gasteiger partial charge in [0.15, 0.2) is 6.04 Å². The Labute approximate surface area is 52.2 Å². The number of hydrogen-bond donors (Lipinski definition) is 1. The van der Waals surface area contributed by atoms with E-state index in [0.717, 1.165) is 0 Å². The lowest BCUT2D eigenvalue weighted by molar-refractivity contribution is 0.182. The molecule has 0 aromatic rings. The Morgan fingerprint density at radius 1 is 1.89 bits per heavy atom. The van der Waals surface area contributed by atoms with Crippen molar-refractivity contribution in [3.63, 3.8) is 0 Å². The minimum absolute atomic E-state index is 0.897. The van der Waals surface area contributed by atoms with Crippen LogP contribution in [0.15, 0.2) is 5.11 Å². The Hall–Kier alpha value is -1.24. The van der Waals surface area contributed by atoms with Gasteiger partial charge in [-0.3, -0.25) is 0 Å². The Bertz CT molecular complexity index is 164. The van der Waals surface area contributed by atoms with Crippen molar-refractivity contribution in [2.75, 3.05) is 0 Å². The van der Waals surface area contributed by atoms with E-state index >= 15 is 0 Å². The van der Waals surface area contributed by atoms with Crippen molar-refractivity contribution in [3.05, 3.63) is 10.4 Å². The highest BCUT2D eigenvalue weighted by Gasteiger charge is 2.09. The van der Waals surface area contributed by atoms with E-state index in [1.165, 1.54) is 6.92 Å². The first-order chi connectivity index (χ1) is 4.22. The van der Waals surface area contributed by atoms with Crippen molar-refractivity contribution in [1.82, 2.24) is 0 Å². The molecule has 5 heteroatoms. The lowest BCUT2D eigenvalue weighted by atomic mass is 10.2. The fourth-order valence-electron chi connectivity index (χ4n) is 0.286. The fourth-order valence-corrected chi connectivity index (χ4v) is 0.286. The first-order valence-corrected chi connectivity index (χ1v) is 2.34. The fraction of sp³-hybridized carbons (Fsp3) is 0.750. The van der Waals surface area contributed by atoms with Crippen molar-refractivity contribution >= 4 is 0 Å². The first-order valence-electron chi connectivity index (χ1n) is 2.34. The Morgan fingerprint density at radius 3 is 2.56 bits per heavy atom. The van der Waals surface area contributed by atoms with Crippen molar-refractivity contribution in [1.29, 1.82) is 5.26 Å². The average molecular weight is 126 g/mol. The third kappa shape index (κ3) is 2.54. The summed E-state index contributed by atoms with van der Waals surface area (Å²) in [6.07, 6.45) is -0.897. The lowest BCUT2D eigenvalue weighted by Crippen LogP contribution is -2.17. The topological polar surface area (TPSA) is 92.8 Å². The number of azide groups is 1. The maximum Gasteiger partial charge on any atom is 0.150 e. The molecule has 2 unspecified atom stereocenters. The van der Waals surface area contributed by atoms with Gasteiger partial charge in [0, 0.05) is 4.91 Å². The van der Waals surface area contributed by atoms with Crippen LogP contribution < -0.4 is 0 Å². The summed E-state index contributed by atoms with van der Waals surface area (Å²) in [6, 6.07) is 0.669. The molecule has 0 amide bonds. The molecule has 0 aliphatic carbocycles. The number of aliphatic hydroxyl groups is 1. The van der Waals surface area contributed by atoms with E-state index in [0.29, 0.717) is 0 Å². The van der Waals surface area contributed by atoms with Gasteiger partial charge in [-0.2, -0.15) is 5.26 Å². The molecule has 0 aliphatic rings. The second-order valence-corrected chi connectivity index (χ2v) is 1.52. The summed E-state index contributed by atoms with van der Waals surface area (Å²) in [5, 5.41) is 19.8. The third-order valence-electron chi connectivity index (χ3n) is 0.765. The van der Waals surface area contributed by atoms with Crippen molar-refractivity contribution < 1.29 is 5.11 Å². The maximum atomic E-state index is 8.66. The smallest absolute Gasteiger partial charge is 0.150 e. The minimum atomic E-state index is -0.963. The van der Waals surface area contributed by atoms with Crippen LogP contribution in [0.1, 0.15) is 6.92 Å². The number of nitrogens with zero attached hydrogens (tertiary/aromatic N) is 4. The number of aliphatic hydroxyl groups excluding tert-OH is 1. The second kappa shape index (κ2) is 3.72. The van der Waals surface area contributed by atoms with E-state index in [-0.39, 0.29) is 0 Å². The van der Waals surface area contributed by atoms with Gasteiger partial charge in [0.2, 0.25) is 0 Å². The van der Waals surface area contributed by atoms with Gasteiger partial charge in [-0.05, 0) is 12.5 Å². The minimum Gasteiger partial charge on any atom is -0.392 e. The molecular formula is C4H6N4O. The van der Waals surface area contributed by atoms with Crippen LogP contribution in [0.4, 0.5) is 0 Å². The molecule has 0 aromatic heterocycles. The van der Waals surface area contributed by atoms with Crippen LogP contribution >= 0.6 is 0 Å². The molecule has 0 fully saturated rings.